The minimum atomic E-state index is -1.59. The van der Waals surface area contributed by atoms with Crippen molar-refractivity contribution >= 4 is 22.5 Å². The van der Waals surface area contributed by atoms with Crippen LogP contribution in [-0.2, 0) is 6.54 Å². The summed E-state index contributed by atoms with van der Waals surface area (Å²) in [5, 5.41) is 3.90. The molecule has 2 N–H and O–H groups in total. The van der Waals surface area contributed by atoms with E-state index < -0.39 is 28.8 Å². The fourth-order valence-electron chi connectivity index (χ4n) is 3.12. The summed E-state index contributed by atoms with van der Waals surface area (Å²) in [6.07, 6.45) is 2.66. The second-order valence-electron chi connectivity index (χ2n) is 6.52. The lowest BCUT2D eigenvalue weighted by atomic mass is 10.1. The van der Waals surface area contributed by atoms with E-state index in [0.29, 0.717) is 5.69 Å². The predicted octanol–water partition coefficient (Wildman–Crippen LogP) is 4.38. The number of hydrogen-bond donors (Lipinski definition) is 2. The molecule has 0 aliphatic heterocycles. The Bertz CT molecular complexity index is 1270. The number of H-pyrrole nitrogens is 1. The molecule has 2 heterocycles. The number of nitrogens with one attached hydrogen (secondary N) is 2. The van der Waals surface area contributed by atoms with Crippen molar-refractivity contribution in [2.75, 3.05) is 5.32 Å². The summed E-state index contributed by atoms with van der Waals surface area (Å²) in [4.78, 5) is 18.5. The largest absolute Gasteiger partial charge is 0.361 e. The molecular weight excluding hydrogens is 388 g/mol. The Morgan fingerprint density at radius 2 is 1.79 bits per heavy atom. The zero-order valence-electron chi connectivity index (χ0n) is 15.1. The molecule has 0 aliphatic rings. The van der Waals surface area contributed by atoms with E-state index in [4.69, 9.17) is 0 Å². The minimum Gasteiger partial charge on any atom is -0.361 e. The molecule has 0 unspecified atom stereocenters. The van der Waals surface area contributed by atoms with E-state index in [2.05, 4.69) is 15.3 Å². The Morgan fingerprint density at radius 3 is 2.52 bits per heavy atom. The van der Waals surface area contributed by atoms with Gasteiger partial charge in [-0.3, -0.25) is 4.79 Å². The fourth-order valence-corrected chi connectivity index (χ4v) is 3.12. The van der Waals surface area contributed by atoms with Crippen LogP contribution in [0.25, 0.3) is 10.9 Å². The van der Waals surface area contributed by atoms with Gasteiger partial charge < -0.3 is 14.9 Å². The average molecular weight is 402 g/mol. The lowest BCUT2D eigenvalue weighted by Gasteiger charge is -2.16. The first-order chi connectivity index (χ1) is 13.8. The highest BCUT2D eigenvalue weighted by molar-refractivity contribution is 5.88. The third kappa shape index (κ3) is 3.46. The zero-order valence-corrected chi connectivity index (χ0v) is 15.1. The molecule has 4 aromatic rings. The van der Waals surface area contributed by atoms with E-state index in [9.17, 15) is 22.4 Å². The first kappa shape index (κ1) is 18.7. The van der Waals surface area contributed by atoms with Crippen LogP contribution in [0.1, 0.15) is 11.1 Å². The van der Waals surface area contributed by atoms with Crippen LogP contribution in [0.3, 0.4) is 0 Å². The molecule has 0 aliphatic carbocycles. The highest BCUT2D eigenvalue weighted by Crippen LogP contribution is 2.27. The van der Waals surface area contributed by atoms with E-state index in [1.165, 1.54) is 4.57 Å². The van der Waals surface area contributed by atoms with Gasteiger partial charge in [0, 0.05) is 29.0 Å². The summed E-state index contributed by atoms with van der Waals surface area (Å²) in [5.41, 5.74) is 1.33. The van der Waals surface area contributed by atoms with Crippen molar-refractivity contribution in [1.29, 1.82) is 0 Å². The molecule has 0 spiro atoms. The molecule has 9 heteroatoms. The second-order valence-corrected chi connectivity index (χ2v) is 6.52. The Labute approximate surface area is 161 Å². The molecular formula is C20H14F4N4O. The first-order valence-corrected chi connectivity index (χ1v) is 8.57. The van der Waals surface area contributed by atoms with Crippen LogP contribution in [0, 0.1) is 30.2 Å². The van der Waals surface area contributed by atoms with Crippen molar-refractivity contribution in [3.05, 3.63) is 87.5 Å². The Balaban J connectivity index is 1.76. The summed E-state index contributed by atoms with van der Waals surface area (Å²) < 4.78 is 55.3. The second kappa shape index (κ2) is 7.08. The van der Waals surface area contributed by atoms with Gasteiger partial charge in [0.25, 0.3) is 0 Å². The van der Waals surface area contributed by atoms with Crippen molar-refractivity contribution in [3.63, 3.8) is 0 Å². The van der Waals surface area contributed by atoms with E-state index in [1.54, 1.807) is 12.3 Å². The number of aryl methyl sites for hydroxylation is 1. The summed E-state index contributed by atoms with van der Waals surface area (Å²) in [7, 11) is 0. The van der Waals surface area contributed by atoms with E-state index >= 15 is 0 Å². The molecule has 4 rings (SSSR count). The SMILES string of the molecule is Cc1c(Nc2nc(=O)c(F)cn2Cc2cc(F)c(F)c(F)c2)ccc2[nH]ccc12. The van der Waals surface area contributed by atoms with Crippen LogP contribution >= 0.6 is 0 Å². The standard InChI is InChI=1S/C20H14F4N4O/c1-10-12-4-5-25-17(12)3-2-16(10)26-20-27-19(29)15(23)9-28(20)8-11-6-13(21)18(24)14(22)7-11/h2-7,9,25H,8H2,1H3,(H,26,27,29). The topological polar surface area (TPSA) is 62.7 Å². The minimum absolute atomic E-state index is 0.0282. The Hall–Kier alpha value is -3.62. The van der Waals surface area contributed by atoms with Crippen LogP contribution in [0.2, 0.25) is 0 Å². The number of hydrogen-bond acceptors (Lipinski definition) is 3. The van der Waals surface area contributed by atoms with Crippen LogP contribution in [0.5, 0.6) is 0 Å². The van der Waals surface area contributed by atoms with Gasteiger partial charge in [0.15, 0.2) is 17.5 Å². The number of rotatable bonds is 4. The monoisotopic (exact) mass is 402 g/mol. The molecule has 0 saturated carbocycles. The van der Waals surface area contributed by atoms with Crippen molar-refractivity contribution in [3.8, 4) is 0 Å². The normalized spacial score (nSPS) is 11.2. The third-order valence-electron chi connectivity index (χ3n) is 4.60. The quantitative estimate of drug-likeness (QED) is 0.393. The third-order valence-corrected chi connectivity index (χ3v) is 4.60. The molecule has 0 atom stereocenters. The average Bonchev–Trinajstić information content (AvgIpc) is 3.15. The van der Waals surface area contributed by atoms with Crippen molar-refractivity contribution in [2.45, 2.75) is 13.5 Å². The maximum Gasteiger partial charge on any atom is 0.310 e. The molecule has 29 heavy (non-hydrogen) atoms. The van der Waals surface area contributed by atoms with Gasteiger partial charge in [0.2, 0.25) is 11.8 Å². The zero-order chi connectivity index (χ0) is 20.7. The van der Waals surface area contributed by atoms with Gasteiger partial charge in [-0.2, -0.15) is 9.37 Å². The highest BCUT2D eigenvalue weighted by atomic mass is 19.2. The lowest BCUT2D eigenvalue weighted by molar-refractivity contribution is 0.444. The van der Waals surface area contributed by atoms with Gasteiger partial charge in [-0.25, -0.2) is 13.2 Å². The summed E-state index contributed by atoms with van der Waals surface area (Å²) in [5.74, 6) is -5.47. The van der Waals surface area contributed by atoms with Gasteiger partial charge in [-0.05, 0) is 48.4 Å². The summed E-state index contributed by atoms with van der Waals surface area (Å²) in [6.45, 7) is 1.61. The van der Waals surface area contributed by atoms with Gasteiger partial charge in [-0.1, -0.05) is 0 Å². The predicted molar refractivity (Wildman–Crippen MR) is 100 cm³/mol. The van der Waals surface area contributed by atoms with Gasteiger partial charge in [0.05, 0.1) is 6.54 Å². The summed E-state index contributed by atoms with van der Waals surface area (Å²) >= 11 is 0. The molecule has 0 saturated heterocycles. The van der Waals surface area contributed by atoms with E-state index in [0.717, 1.165) is 34.8 Å². The molecule has 2 aromatic heterocycles. The molecule has 148 valence electrons. The van der Waals surface area contributed by atoms with Crippen LogP contribution in [0.15, 0.2) is 47.5 Å². The Kier molecular flexibility index (Phi) is 4.57. The number of anilines is 2. The number of benzene rings is 2. The van der Waals surface area contributed by atoms with Crippen molar-refractivity contribution < 1.29 is 17.6 Å². The molecule has 0 fully saturated rings. The van der Waals surface area contributed by atoms with E-state index in [1.807, 2.05) is 19.1 Å². The maximum atomic E-state index is 13.8. The number of fused-ring (bicyclic) bond motifs is 1. The Morgan fingerprint density at radius 1 is 1.07 bits per heavy atom. The fraction of sp³-hybridized carbons (Fsp3) is 0.100. The maximum absolute atomic E-state index is 13.8. The molecule has 0 radical (unpaired) electrons. The first-order valence-electron chi connectivity index (χ1n) is 8.57. The van der Waals surface area contributed by atoms with Crippen LogP contribution < -0.4 is 10.9 Å². The van der Waals surface area contributed by atoms with E-state index in [-0.39, 0.29) is 18.1 Å². The number of halogens is 4. The van der Waals surface area contributed by atoms with Crippen LogP contribution in [0.4, 0.5) is 29.2 Å². The number of aromatic nitrogens is 3. The molecule has 0 bridgehead atoms. The summed E-state index contributed by atoms with van der Waals surface area (Å²) in [6, 6.07) is 7.06. The highest BCUT2D eigenvalue weighted by Gasteiger charge is 2.15. The van der Waals surface area contributed by atoms with Crippen LogP contribution in [-0.4, -0.2) is 14.5 Å². The van der Waals surface area contributed by atoms with Gasteiger partial charge in [-0.15, -0.1) is 0 Å². The molecule has 0 amide bonds. The van der Waals surface area contributed by atoms with Crippen molar-refractivity contribution in [1.82, 2.24) is 14.5 Å². The smallest absolute Gasteiger partial charge is 0.310 e. The van der Waals surface area contributed by atoms with Crippen molar-refractivity contribution in [2.24, 2.45) is 0 Å². The lowest BCUT2D eigenvalue weighted by Crippen LogP contribution is -2.20. The number of aromatic amines is 1. The van der Waals surface area contributed by atoms with Gasteiger partial charge in [0.1, 0.15) is 0 Å². The molecule has 5 nitrogen and oxygen atoms in total. The molecule has 2 aromatic carbocycles. The van der Waals surface area contributed by atoms with Gasteiger partial charge >= 0.3 is 5.56 Å². The number of nitrogens with zero attached hydrogens (tertiary/aromatic N) is 2.